The van der Waals surface area contributed by atoms with E-state index in [1.165, 1.54) is 0 Å². The quantitative estimate of drug-likeness (QED) is 0.317. The van der Waals surface area contributed by atoms with Gasteiger partial charge >= 0.3 is 0 Å². The number of carbonyl (C=O) groups excluding carboxylic acids is 2. The van der Waals surface area contributed by atoms with Crippen LogP contribution in [0.1, 0.15) is 58.8 Å². The van der Waals surface area contributed by atoms with Crippen LogP contribution in [-0.2, 0) is 14.3 Å². The second-order valence-corrected chi connectivity index (χ2v) is 8.69. The third-order valence-electron chi connectivity index (χ3n) is 5.67. The normalized spacial score (nSPS) is 20.0. The predicted octanol–water partition coefficient (Wildman–Crippen LogP) is 1.61. The number of hydrogen-bond acceptors (Lipinski definition) is 4. The molecule has 2 saturated heterocycles. The van der Waals surface area contributed by atoms with Crippen LogP contribution in [0.2, 0.25) is 0 Å². The molecule has 8 nitrogen and oxygen atoms in total. The topological polar surface area (TPSA) is 86.3 Å². The van der Waals surface area contributed by atoms with Crippen LogP contribution in [0.25, 0.3) is 0 Å². The molecule has 8 heteroatoms. The Labute approximate surface area is 181 Å². The molecule has 1 atom stereocenters. The summed E-state index contributed by atoms with van der Waals surface area (Å²) in [4.78, 5) is 32.6. The highest BCUT2D eigenvalue weighted by atomic mass is 16.5. The Morgan fingerprint density at radius 2 is 1.73 bits per heavy atom. The number of ether oxygens (including phenoxy) is 1. The van der Waals surface area contributed by atoms with E-state index in [0.29, 0.717) is 51.0 Å². The molecule has 0 spiro atoms. The minimum absolute atomic E-state index is 0.213. The Morgan fingerprint density at radius 1 is 1.03 bits per heavy atom. The first-order chi connectivity index (χ1) is 14.5. The molecule has 172 valence electrons. The van der Waals surface area contributed by atoms with E-state index in [1.807, 2.05) is 9.80 Å². The van der Waals surface area contributed by atoms with Crippen LogP contribution in [0.4, 0.5) is 0 Å². The fourth-order valence-electron chi connectivity index (χ4n) is 3.86. The van der Waals surface area contributed by atoms with E-state index >= 15 is 0 Å². The summed E-state index contributed by atoms with van der Waals surface area (Å²) in [6, 6.07) is 0. The fourth-order valence-corrected chi connectivity index (χ4v) is 3.86. The van der Waals surface area contributed by atoms with E-state index in [2.05, 4.69) is 29.5 Å². The van der Waals surface area contributed by atoms with E-state index in [9.17, 15) is 9.59 Å². The number of unbranched alkanes of at least 4 members (excludes halogenated alkanes) is 2. The molecule has 2 aliphatic rings. The first kappa shape index (κ1) is 24.4. The Balaban J connectivity index is 1.50. The summed E-state index contributed by atoms with van der Waals surface area (Å²) in [7, 11) is 1.78. The predicted molar refractivity (Wildman–Crippen MR) is 119 cm³/mol. The lowest BCUT2D eigenvalue weighted by Crippen LogP contribution is -2.50. The van der Waals surface area contributed by atoms with Crippen molar-refractivity contribution in [2.75, 3.05) is 52.9 Å². The SMILES string of the molecule is CN=C(NCCCCCC(=O)N1CCN(C(=O)CC(C)C)CC1)NCC1CCCO1. The number of hydrogen-bond donors (Lipinski definition) is 2. The number of nitrogens with zero attached hydrogens (tertiary/aromatic N) is 3. The third-order valence-corrected chi connectivity index (χ3v) is 5.67. The van der Waals surface area contributed by atoms with Gasteiger partial charge in [0.05, 0.1) is 6.10 Å². The Hall–Kier alpha value is -1.83. The van der Waals surface area contributed by atoms with Crippen molar-refractivity contribution in [1.29, 1.82) is 0 Å². The summed E-state index contributed by atoms with van der Waals surface area (Å²) >= 11 is 0. The van der Waals surface area contributed by atoms with Crippen LogP contribution < -0.4 is 10.6 Å². The zero-order valence-electron chi connectivity index (χ0n) is 19.1. The maximum absolute atomic E-state index is 12.4. The van der Waals surface area contributed by atoms with Crippen LogP contribution >= 0.6 is 0 Å². The summed E-state index contributed by atoms with van der Waals surface area (Å²) in [5.41, 5.74) is 0. The van der Waals surface area contributed by atoms with Gasteiger partial charge in [-0.1, -0.05) is 20.3 Å². The van der Waals surface area contributed by atoms with E-state index in [1.54, 1.807) is 7.05 Å². The lowest BCUT2D eigenvalue weighted by molar-refractivity contribution is -0.140. The zero-order chi connectivity index (χ0) is 21.8. The molecule has 2 heterocycles. The first-order valence-corrected chi connectivity index (χ1v) is 11.6. The van der Waals surface area contributed by atoms with Gasteiger partial charge in [0.25, 0.3) is 0 Å². The van der Waals surface area contributed by atoms with Crippen molar-refractivity contribution in [3.05, 3.63) is 0 Å². The Kier molecular flexibility index (Phi) is 11.0. The standard InChI is InChI=1S/C22H41N5O3/c1-18(2)16-21(29)27-13-11-26(12-14-27)20(28)9-5-4-6-10-24-22(23-3)25-17-19-8-7-15-30-19/h18-19H,4-17H2,1-3H3,(H2,23,24,25). The third kappa shape index (κ3) is 8.90. The van der Waals surface area contributed by atoms with Gasteiger partial charge in [0.1, 0.15) is 0 Å². The minimum Gasteiger partial charge on any atom is -0.376 e. The minimum atomic E-state index is 0.213. The van der Waals surface area contributed by atoms with Gasteiger partial charge in [-0.25, -0.2) is 0 Å². The molecule has 0 aromatic rings. The van der Waals surface area contributed by atoms with E-state index in [0.717, 1.165) is 57.8 Å². The number of amides is 2. The van der Waals surface area contributed by atoms with E-state index in [-0.39, 0.29) is 11.8 Å². The number of aliphatic imine (C=N–C) groups is 1. The fraction of sp³-hybridized carbons (Fsp3) is 0.864. The van der Waals surface area contributed by atoms with Gasteiger partial charge in [-0.05, 0) is 31.6 Å². The molecule has 2 aliphatic heterocycles. The Bertz CT molecular complexity index is 553. The molecule has 0 aromatic carbocycles. The molecule has 0 radical (unpaired) electrons. The molecule has 2 fully saturated rings. The summed E-state index contributed by atoms with van der Waals surface area (Å²) < 4.78 is 5.61. The second kappa shape index (κ2) is 13.5. The second-order valence-electron chi connectivity index (χ2n) is 8.69. The number of piperazine rings is 1. The number of rotatable bonds is 10. The van der Waals surface area contributed by atoms with E-state index in [4.69, 9.17) is 4.74 Å². The highest BCUT2D eigenvalue weighted by Gasteiger charge is 2.24. The first-order valence-electron chi connectivity index (χ1n) is 11.6. The van der Waals surface area contributed by atoms with Crippen molar-refractivity contribution >= 4 is 17.8 Å². The van der Waals surface area contributed by atoms with Crippen LogP contribution in [0.3, 0.4) is 0 Å². The lowest BCUT2D eigenvalue weighted by Gasteiger charge is -2.35. The van der Waals surface area contributed by atoms with Crippen molar-refractivity contribution in [2.24, 2.45) is 10.9 Å². The summed E-state index contributed by atoms with van der Waals surface area (Å²) in [6.07, 6.45) is 6.64. The summed E-state index contributed by atoms with van der Waals surface area (Å²) in [5, 5.41) is 6.63. The summed E-state index contributed by atoms with van der Waals surface area (Å²) in [6.45, 7) is 9.28. The molecule has 0 aliphatic carbocycles. The van der Waals surface area contributed by atoms with Crippen LogP contribution in [0.15, 0.2) is 4.99 Å². The Morgan fingerprint density at radius 3 is 2.33 bits per heavy atom. The number of guanidine groups is 1. The highest BCUT2D eigenvalue weighted by Crippen LogP contribution is 2.11. The van der Waals surface area contributed by atoms with Crippen molar-refractivity contribution in [3.63, 3.8) is 0 Å². The van der Waals surface area contributed by atoms with Gasteiger partial charge in [0, 0.05) is 65.8 Å². The molecule has 0 bridgehead atoms. The van der Waals surface area contributed by atoms with Crippen molar-refractivity contribution in [1.82, 2.24) is 20.4 Å². The molecule has 2 rings (SSSR count). The molecule has 30 heavy (non-hydrogen) atoms. The van der Waals surface area contributed by atoms with Gasteiger partial charge in [-0.15, -0.1) is 0 Å². The lowest BCUT2D eigenvalue weighted by atomic mass is 10.1. The van der Waals surface area contributed by atoms with Crippen LogP contribution in [-0.4, -0.2) is 86.6 Å². The molecule has 0 saturated carbocycles. The monoisotopic (exact) mass is 423 g/mol. The van der Waals surface area contributed by atoms with E-state index < -0.39 is 0 Å². The molecular weight excluding hydrogens is 382 g/mol. The van der Waals surface area contributed by atoms with Gasteiger partial charge in [-0.3, -0.25) is 14.6 Å². The highest BCUT2D eigenvalue weighted by molar-refractivity contribution is 5.79. The molecular formula is C22H41N5O3. The van der Waals surface area contributed by atoms with Gasteiger partial charge in [0.15, 0.2) is 5.96 Å². The summed E-state index contributed by atoms with van der Waals surface area (Å²) in [5.74, 6) is 1.62. The van der Waals surface area contributed by atoms with Crippen molar-refractivity contribution in [3.8, 4) is 0 Å². The number of nitrogens with one attached hydrogen (secondary N) is 2. The van der Waals surface area contributed by atoms with Gasteiger partial charge in [-0.2, -0.15) is 0 Å². The van der Waals surface area contributed by atoms with Crippen molar-refractivity contribution in [2.45, 2.75) is 64.9 Å². The molecule has 0 aromatic heterocycles. The number of carbonyl (C=O) groups is 2. The zero-order valence-corrected chi connectivity index (χ0v) is 19.1. The average Bonchev–Trinajstić information content (AvgIpc) is 3.25. The smallest absolute Gasteiger partial charge is 0.222 e. The molecule has 1 unspecified atom stereocenters. The average molecular weight is 424 g/mol. The maximum atomic E-state index is 12.4. The van der Waals surface area contributed by atoms with Crippen molar-refractivity contribution < 1.29 is 14.3 Å². The maximum Gasteiger partial charge on any atom is 0.222 e. The van der Waals surface area contributed by atoms with Gasteiger partial charge in [0.2, 0.25) is 11.8 Å². The largest absolute Gasteiger partial charge is 0.376 e. The van der Waals surface area contributed by atoms with Gasteiger partial charge < -0.3 is 25.2 Å². The molecule has 2 amide bonds. The van der Waals surface area contributed by atoms with Crippen LogP contribution in [0, 0.1) is 5.92 Å². The van der Waals surface area contributed by atoms with Crippen LogP contribution in [0.5, 0.6) is 0 Å². The molecule has 2 N–H and O–H groups in total.